The maximum absolute atomic E-state index is 11.0. The number of likely N-dealkylation sites (N-methyl/N-ethyl adjacent to an activating group) is 1. The summed E-state index contributed by atoms with van der Waals surface area (Å²) in [5.74, 6) is -0.885. The van der Waals surface area contributed by atoms with Crippen molar-refractivity contribution >= 4 is 11.9 Å². The molecule has 0 aromatic carbocycles. The van der Waals surface area contributed by atoms with Crippen LogP contribution in [-0.2, 0) is 19.1 Å². The fourth-order valence-corrected chi connectivity index (χ4v) is 0.738. The fraction of sp³-hybridized carbons (Fsp3) is 0.800. The van der Waals surface area contributed by atoms with Crippen LogP contribution in [0.4, 0.5) is 0 Å². The Labute approximate surface area is 91.3 Å². The van der Waals surface area contributed by atoms with E-state index in [0.717, 1.165) is 0 Å². The second kappa shape index (κ2) is 9.45. The lowest BCUT2D eigenvalue weighted by Crippen LogP contribution is -2.28. The van der Waals surface area contributed by atoms with Gasteiger partial charge in [-0.1, -0.05) is 13.8 Å². The quantitative estimate of drug-likeness (QED) is 0.522. The molecule has 0 radical (unpaired) electrons. The molecule has 0 aliphatic rings. The van der Waals surface area contributed by atoms with E-state index < -0.39 is 18.2 Å². The number of carbonyl (C=O) groups excluding carboxylic acids is 2. The normalized spacial score (nSPS) is 11.1. The topological polar surface area (TPSA) is 55.8 Å². The van der Waals surface area contributed by atoms with Gasteiger partial charge in [-0.3, -0.25) is 14.5 Å². The summed E-state index contributed by atoms with van der Waals surface area (Å²) in [7, 11) is 3.50. The Morgan fingerprint density at radius 3 is 2.00 bits per heavy atom. The van der Waals surface area contributed by atoms with E-state index in [9.17, 15) is 9.59 Å². The van der Waals surface area contributed by atoms with Gasteiger partial charge in [0.25, 0.3) is 0 Å². The van der Waals surface area contributed by atoms with Crippen molar-refractivity contribution in [1.82, 2.24) is 4.90 Å². The molecule has 0 spiro atoms. The Bertz CT molecular complexity index is 192. The lowest BCUT2D eigenvalue weighted by molar-refractivity contribution is -0.183. The third-order valence-corrected chi connectivity index (χ3v) is 1.07. The van der Waals surface area contributed by atoms with Crippen molar-refractivity contribution in [3.63, 3.8) is 0 Å². The summed E-state index contributed by atoms with van der Waals surface area (Å²) in [5, 5.41) is 0. The zero-order valence-corrected chi connectivity index (χ0v) is 10.4. The highest BCUT2D eigenvalue weighted by Crippen LogP contribution is 1.95. The molecule has 1 unspecified atom stereocenters. The molecule has 0 N–H and O–H groups in total. The number of rotatable bonds is 4. The number of nitrogens with zero attached hydrogens (tertiary/aromatic N) is 1. The highest BCUT2D eigenvalue weighted by Gasteiger charge is 2.11. The summed E-state index contributed by atoms with van der Waals surface area (Å²) in [5.41, 5.74) is 0. The zero-order chi connectivity index (χ0) is 12.4. The minimum atomic E-state index is -0.815. The Balaban J connectivity index is 0. The van der Waals surface area contributed by atoms with Crippen LogP contribution < -0.4 is 0 Å². The van der Waals surface area contributed by atoms with Gasteiger partial charge in [0.1, 0.15) is 0 Å². The van der Waals surface area contributed by atoms with Crippen molar-refractivity contribution in [2.24, 2.45) is 0 Å². The van der Waals surface area contributed by atoms with Gasteiger partial charge in [-0.15, -0.1) is 0 Å². The van der Waals surface area contributed by atoms with Crippen LogP contribution in [0, 0.1) is 0 Å². The highest BCUT2D eigenvalue weighted by atomic mass is 16.7. The molecule has 0 aromatic heterocycles. The van der Waals surface area contributed by atoms with Gasteiger partial charge in [-0.05, 0) is 14.1 Å². The molecule has 0 saturated carbocycles. The third kappa shape index (κ3) is 12.9. The monoisotopic (exact) mass is 219 g/mol. The van der Waals surface area contributed by atoms with E-state index in [1.54, 1.807) is 19.0 Å². The second-order valence-corrected chi connectivity index (χ2v) is 2.90. The predicted molar refractivity (Wildman–Crippen MR) is 57.2 cm³/mol. The van der Waals surface area contributed by atoms with Crippen LogP contribution in [0.1, 0.15) is 27.7 Å². The first-order chi connectivity index (χ1) is 6.91. The maximum atomic E-state index is 11.0. The van der Waals surface area contributed by atoms with Crippen molar-refractivity contribution in [2.75, 3.05) is 20.6 Å². The Morgan fingerprint density at radius 2 is 1.67 bits per heavy atom. The molecule has 0 heterocycles. The molecule has 0 rings (SSSR count). The molecule has 0 fully saturated rings. The van der Waals surface area contributed by atoms with Crippen LogP contribution in [0.5, 0.6) is 0 Å². The van der Waals surface area contributed by atoms with Gasteiger partial charge < -0.3 is 9.47 Å². The van der Waals surface area contributed by atoms with Crippen molar-refractivity contribution in [2.45, 2.75) is 34.0 Å². The summed E-state index contributed by atoms with van der Waals surface area (Å²) >= 11 is 0. The number of carbonyl (C=O) groups is 2. The molecule has 5 nitrogen and oxygen atoms in total. The molecular weight excluding hydrogens is 198 g/mol. The minimum Gasteiger partial charge on any atom is -0.426 e. The molecule has 0 saturated heterocycles. The molecule has 0 bridgehead atoms. The molecule has 15 heavy (non-hydrogen) atoms. The van der Waals surface area contributed by atoms with Crippen LogP contribution in [0.25, 0.3) is 0 Å². The first-order valence-corrected chi connectivity index (χ1v) is 4.93. The number of ether oxygens (including phenoxy) is 2. The summed E-state index contributed by atoms with van der Waals surface area (Å²) in [6.07, 6.45) is -0.815. The SMILES string of the molecule is CC.CC(=O)OC(C)OC(=O)CN(C)C. The van der Waals surface area contributed by atoms with Crippen LogP contribution >= 0.6 is 0 Å². The van der Waals surface area contributed by atoms with Crippen molar-refractivity contribution in [3.05, 3.63) is 0 Å². The molecule has 5 heteroatoms. The van der Waals surface area contributed by atoms with E-state index in [2.05, 4.69) is 4.74 Å². The summed E-state index contributed by atoms with van der Waals surface area (Å²) in [6.45, 7) is 6.93. The zero-order valence-electron chi connectivity index (χ0n) is 10.4. The highest BCUT2D eigenvalue weighted by molar-refractivity contribution is 5.72. The molecule has 1 atom stereocenters. The van der Waals surface area contributed by atoms with Crippen molar-refractivity contribution in [1.29, 1.82) is 0 Å². The Hall–Kier alpha value is -1.10. The summed E-state index contributed by atoms with van der Waals surface area (Å²) in [6, 6.07) is 0. The molecule has 0 aromatic rings. The first-order valence-electron chi connectivity index (χ1n) is 4.93. The van der Waals surface area contributed by atoms with E-state index in [-0.39, 0.29) is 6.54 Å². The van der Waals surface area contributed by atoms with Gasteiger partial charge in [0, 0.05) is 13.8 Å². The van der Waals surface area contributed by atoms with Gasteiger partial charge in [0.2, 0.25) is 6.29 Å². The van der Waals surface area contributed by atoms with Gasteiger partial charge in [0.15, 0.2) is 0 Å². The van der Waals surface area contributed by atoms with E-state index in [1.807, 2.05) is 13.8 Å². The van der Waals surface area contributed by atoms with Gasteiger partial charge in [-0.25, -0.2) is 0 Å². The van der Waals surface area contributed by atoms with Crippen LogP contribution in [-0.4, -0.2) is 43.8 Å². The second-order valence-electron chi connectivity index (χ2n) is 2.90. The van der Waals surface area contributed by atoms with Crippen LogP contribution in [0.3, 0.4) is 0 Å². The van der Waals surface area contributed by atoms with E-state index in [0.29, 0.717) is 0 Å². The average Bonchev–Trinajstić information content (AvgIpc) is 2.03. The van der Waals surface area contributed by atoms with Crippen LogP contribution in [0.2, 0.25) is 0 Å². The lowest BCUT2D eigenvalue weighted by atomic mass is 10.6. The molecule has 90 valence electrons. The first kappa shape index (κ1) is 16.3. The summed E-state index contributed by atoms with van der Waals surface area (Å²) in [4.78, 5) is 23.1. The summed E-state index contributed by atoms with van der Waals surface area (Å²) < 4.78 is 9.35. The third-order valence-electron chi connectivity index (χ3n) is 1.07. The largest absolute Gasteiger partial charge is 0.426 e. The number of esters is 2. The number of hydrogen-bond donors (Lipinski definition) is 0. The van der Waals surface area contributed by atoms with Gasteiger partial charge in [0.05, 0.1) is 6.54 Å². The maximum Gasteiger partial charge on any atom is 0.323 e. The Morgan fingerprint density at radius 1 is 1.20 bits per heavy atom. The van der Waals surface area contributed by atoms with E-state index in [1.165, 1.54) is 13.8 Å². The van der Waals surface area contributed by atoms with E-state index in [4.69, 9.17) is 4.74 Å². The van der Waals surface area contributed by atoms with E-state index >= 15 is 0 Å². The fourth-order valence-electron chi connectivity index (χ4n) is 0.738. The van der Waals surface area contributed by atoms with Gasteiger partial charge in [-0.2, -0.15) is 0 Å². The van der Waals surface area contributed by atoms with Crippen molar-refractivity contribution in [3.8, 4) is 0 Å². The predicted octanol–water partition coefficient (Wildman–Crippen LogP) is 1.03. The molecule has 0 aliphatic carbocycles. The van der Waals surface area contributed by atoms with Crippen LogP contribution in [0.15, 0.2) is 0 Å². The molecule has 0 amide bonds. The average molecular weight is 219 g/mol. The Kier molecular flexibility index (Phi) is 10.3. The van der Waals surface area contributed by atoms with Crippen molar-refractivity contribution < 1.29 is 19.1 Å². The molecular formula is C10H21NO4. The smallest absolute Gasteiger partial charge is 0.323 e. The lowest BCUT2D eigenvalue weighted by Gasteiger charge is -2.14. The minimum absolute atomic E-state index is 0.172. The standard InChI is InChI=1S/C8H15NO4.C2H6/c1-6(10)12-7(2)13-8(11)5-9(3)4;1-2/h7H,5H2,1-4H3;1-2H3. The van der Waals surface area contributed by atoms with Gasteiger partial charge >= 0.3 is 11.9 Å². The number of hydrogen-bond acceptors (Lipinski definition) is 5. The molecule has 0 aliphatic heterocycles.